The zero-order chi connectivity index (χ0) is 46.4. The van der Waals surface area contributed by atoms with Crippen LogP contribution in [0.1, 0.15) is 277 Å². The topological polar surface area (TPSA) is 108 Å². The highest BCUT2D eigenvalue weighted by Crippen LogP contribution is 2.38. The third-order valence-corrected chi connectivity index (χ3v) is 13.7. The van der Waals surface area contributed by atoms with Gasteiger partial charge in [0.15, 0.2) is 0 Å². The van der Waals surface area contributed by atoms with Crippen molar-refractivity contribution in [1.82, 2.24) is 5.32 Å². The quantitative estimate of drug-likeness (QED) is 0.0272. The number of phosphoric acid groups is 1. The van der Waals surface area contributed by atoms with Crippen molar-refractivity contribution in [2.24, 2.45) is 0 Å². The maximum Gasteiger partial charge on any atom is 0.268 e. The van der Waals surface area contributed by atoms with E-state index in [-0.39, 0.29) is 19.1 Å². The molecule has 3 atom stereocenters. The van der Waals surface area contributed by atoms with E-state index in [4.69, 9.17) is 9.05 Å². The van der Waals surface area contributed by atoms with Crippen LogP contribution in [0.15, 0.2) is 12.2 Å². The van der Waals surface area contributed by atoms with Gasteiger partial charge in [0.25, 0.3) is 7.82 Å². The number of rotatable bonds is 51. The molecular formula is C54H109N2O6P. The van der Waals surface area contributed by atoms with E-state index in [1.165, 1.54) is 218 Å². The number of amides is 1. The molecular weight excluding hydrogens is 804 g/mol. The van der Waals surface area contributed by atoms with Crippen molar-refractivity contribution in [3.63, 3.8) is 0 Å². The molecule has 0 aliphatic carbocycles. The smallest absolute Gasteiger partial charge is 0.268 e. The first-order chi connectivity index (χ1) is 30.5. The van der Waals surface area contributed by atoms with Gasteiger partial charge in [-0.05, 0) is 19.3 Å². The Morgan fingerprint density at radius 1 is 0.540 bits per heavy atom. The molecule has 0 saturated carbocycles. The first-order valence-electron chi connectivity index (χ1n) is 27.6. The second-order valence-electron chi connectivity index (χ2n) is 20.3. The highest BCUT2D eigenvalue weighted by atomic mass is 31.2. The maximum absolute atomic E-state index is 12.8. The summed E-state index contributed by atoms with van der Waals surface area (Å²) in [4.78, 5) is 25.3. The number of hydrogen-bond acceptors (Lipinski definition) is 6. The predicted octanol–water partition coefficient (Wildman–Crippen LogP) is 15.6. The van der Waals surface area contributed by atoms with Crippen molar-refractivity contribution in [1.29, 1.82) is 0 Å². The predicted molar refractivity (Wildman–Crippen MR) is 270 cm³/mol. The fraction of sp³-hybridized carbons (Fsp3) is 0.944. The highest BCUT2D eigenvalue weighted by Gasteiger charge is 2.23. The van der Waals surface area contributed by atoms with E-state index in [0.717, 1.165) is 38.5 Å². The fourth-order valence-corrected chi connectivity index (χ4v) is 9.11. The standard InChI is InChI=1S/C54H109N2O6P/c1-6-8-10-12-14-16-17-18-19-20-21-22-23-24-25-26-27-28-29-30-31-32-33-34-35-36-37-38-40-41-43-45-47-53(57)52(51-62-63(59,60)61-50-49-56(3,4)5)55-54(58)48-46-44-42-39-15-13-11-9-7-2/h45,47,52-53,57H,6-44,46,48-51H2,1-5H3,(H-,55,58,59,60)/b47-45+. The van der Waals surface area contributed by atoms with Crippen LogP contribution in [0.5, 0.6) is 0 Å². The van der Waals surface area contributed by atoms with E-state index < -0.39 is 20.0 Å². The first kappa shape index (κ1) is 62.2. The number of aliphatic hydroxyl groups excluding tert-OH is 1. The van der Waals surface area contributed by atoms with Crippen molar-refractivity contribution in [3.05, 3.63) is 12.2 Å². The second-order valence-corrected chi connectivity index (χ2v) is 21.7. The fourth-order valence-electron chi connectivity index (χ4n) is 8.39. The van der Waals surface area contributed by atoms with Gasteiger partial charge in [-0.2, -0.15) is 0 Å². The van der Waals surface area contributed by atoms with E-state index in [1.54, 1.807) is 6.08 Å². The number of likely N-dealkylation sites (N-methyl/N-ethyl adjacent to an activating group) is 1. The Morgan fingerprint density at radius 3 is 1.19 bits per heavy atom. The summed E-state index contributed by atoms with van der Waals surface area (Å²) in [5.74, 6) is -0.197. The SMILES string of the molecule is CCCCCCCCCCCCCCCCCCCCCCCCCCCCCCCC/C=C/C(O)C(COP(=O)([O-])OCC[N+](C)(C)C)NC(=O)CCCCCCCCCCC. The molecule has 0 aromatic heterocycles. The van der Waals surface area contributed by atoms with Crippen molar-refractivity contribution in [2.45, 2.75) is 289 Å². The largest absolute Gasteiger partial charge is 0.756 e. The molecule has 0 heterocycles. The summed E-state index contributed by atoms with van der Waals surface area (Å²) in [6.45, 7) is 4.65. The Hall–Kier alpha value is -0.760. The molecule has 0 saturated heterocycles. The van der Waals surface area contributed by atoms with Crippen LogP contribution in [0.4, 0.5) is 0 Å². The number of quaternary nitrogens is 1. The van der Waals surface area contributed by atoms with Crippen LogP contribution in [-0.2, 0) is 18.4 Å². The number of nitrogens with zero attached hydrogens (tertiary/aromatic N) is 1. The summed E-state index contributed by atoms with van der Waals surface area (Å²) < 4.78 is 23.2. The minimum Gasteiger partial charge on any atom is -0.756 e. The number of carbonyl (C=O) groups excluding carboxylic acids is 1. The molecule has 8 nitrogen and oxygen atoms in total. The highest BCUT2D eigenvalue weighted by molar-refractivity contribution is 7.45. The summed E-state index contributed by atoms with van der Waals surface area (Å²) in [6, 6.07) is -0.880. The van der Waals surface area contributed by atoms with Crippen LogP contribution < -0.4 is 10.2 Å². The van der Waals surface area contributed by atoms with Crippen LogP contribution in [0.3, 0.4) is 0 Å². The third kappa shape index (κ3) is 49.0. The van der Waals surface area contributed by atoms with Gasteiger partial charge in [-0.25, -0.2) is 0 Å². The van der Waals surface area contributed by atoms with E-state index in [1.807, 2.05) is 27.2 Å². The van der Waals surface area contributed by atoms with Gasteiger partial charge in [-0.1, -0.05) is 264 Å². The van der Waals surface area contributed by atoms with Crippen molar-refractivity contribution >= 4 is 13.7 Å². The third-order valence-electron chi connectivity index (χ3n) is 12.7. The number of allylic oxidation sites excluding steroid dienone is 1. The Labute approximate surface area is 392 Å². The Bertz CT molecular complexity index is 1040. The number of unbranched alkanes of at least 4 members (excludes halogenated alkanes) is 38. The van der Waals surface area contributed by atoms with E-state index >= 15 is 0 Å². The van der Waals surface area contributed by atoms with Gasteiger partial charge in [0, 0.05) is 6.42 Å². The molecule has 376 valence electrons. The van der Waals surface area contributed by atoms with E-state index in [2.05, 4.69) is 19.2 Å². The molecule has 0 rings (SSSR count). The zero-order valence-electron chi connectivity index (χ0n) is 42.8. The number of nitrogens with one attached hydrogen (secondary N) is 1. The Morgan fingerprint density at radius 2 is 0.857 bits per heavy atom. The summed E-state index contributed by atoms with van der Waals surface area (Å²) in [5.41, 5.74) is 0. The van der Waals surface area contributed by atoms with Gasteiger partial charge in [0.05, 0.1) is 39.9 Å². The summed E-state index contributed by atoms with van der Waals surface area (Å²) >= 11 is 0. The van der Waals surface area contributed by atoms with Crippen LogP contribution in [0.2, 0.25) is 0 Å². The average molecular weight is 913 g/mol. The average Bonchev–Trinajstić information content (AvgIpc) is 3.24. The molecule has 1 amide bonds. The Kier molecular flexibility index (Phi) is 45.8. The van der Waals surface area contributed by atoms with E-state index in [9.17, 15) is 19.4 Å². The monoisotopic (exact) mass is 913 g/mol. The summed E-state index contributed by atoms with van der Waals surface area (Å²) in [5, 5.41) is 13.8. The lowest BCUT2D eigenvalue weighted by Crippen LogP contribution is -2.45. The molecule has 3 unspecified atom stereocenters. The van der Waals surface area contributed by atoms with Crippen LogP contribution in [0.25, 0.3) is 0 Å². The minimum absolute atomic E-state index is 0.00205. The Balaban J connectivity index is 3.96. The van der Waals surface area contributed by atoms with Gasteiger partial charge in [0.1, 0.15) is 13.2 Å². The van der Waals surface area contributed by atoms with Crippen molar-refractivity contribution in [3.8, 4) is 0 Å². The van der Waals surface area contributed by atoms with Gasteiger partial charge in [0.2, 0.25) is 5.91 Å². The van der Waals surface area contributed by atoms with Gasteiger partial charge >= 0.3 is 0 Å². The molecule has 0 spiro atoms. The molecule has 0 radical (unpaired) electrons. The first-order valence-corrected chi connectivity index (χ1v) is 29.0. The van der Waals surface area contributed by atoms with Crippen LogP contribution in [-0.4, -0.2) is 68.5 Å². The maximum atomic E-state index is 12.8. The van der Waals surface area contributed by atoms with Crippen LogP contribution in [0, 0.1) is 0 Å². The molecule has 0 aliphatic rings. The molecule has 63 heavy (non-hydrogen) atoms. The van der Waals surface area contributed by atoms with E-state index in [0.29, 0.717) is 17.4 Å². The number of phosphoric ester groups is 1. The van der Waals surface area contributed by atoms with Crippen LogP contribution >= 0.6 is 7.82 Å². The lowest BCUT2D eigenvalue weighted by molar-refractivity contribution is -0.870. The molecule has 0 fully saturated rings. The number of carbonyl (C=O) groups is 1. The van der Waals surface area contributed by atoms with Gasteiger partial charge in [-0.15, -0.1) is 0 Å². The number of hydrogen-bond donors (Lipinski definition) is 2. The lowest BCUT2D eigenvalue weighted by atomic mass is 10.0. The van der Waals surface area contributed by atoms with Crippen molar-refractivity contribution in [2.75, 3.05) is 40.9 Å². The summed E-state index contributed by atoms with van der Waals surface area (Å²) in [6.07, 6.45) is 56.0. The molecule has 0 bridgehead atoms. The van der Waals surface area contributed by atoms with Crippen molar-refractivity contribution < 1.29 is 32.9 Å². The normalized spacial score (nSPS) is 14.1. The van der Waals surface area contributed by atoms with Gasteiger partial charge < -0.3 is 28.8 Å². The molecule has 2 N–H and O–H groups in total. The van der Waals surface area contributed by atoms with Gasteiger partial charge in [-0.3, -0.25) is 9.36 Å². The second kappa shape index (κ2) is 46.4. The molecule has 9 heteroatoms. The molecule has 0 aromatic rings. The minimum atomic E-state index is -4.58. The number of aliphatic hydroxyl groups is 1. The lowest BCUT2D eigenvalue weighted by Gasteiger charge is -2.29. The molecule has 0 aliphatic heterocycles. The molecule has 0 aromatic carbocycles. The summed E-state index contributed by atoms with van der Waals surface area (Å²) in [7, 11) is 1.27. The zero-order valence-corrected chi connectivity index (χ0v) is 43.7.